The second-order valence-electron chi connectivity index (χ2n) is 3.31. The second-order valence-corrected chi connectivity index (χ2v) is 4.10. The smallest absolute Gasteiger partial charge is 0.312 e. The molecule has 0 amide bonds. The Morgan fingerprint density at radius 2 is 2.17 bits per heavy atom. The molecule has 1 aromatic carbocycles. The van der Waals surface area contributed by atoms with Crippen LogP contribution in [-0.4, -0.2) is 21.2 Å². The predicted octanol–water partition coefficient (Wildman–Crippen LogP) is 2.40. The van der Waals surface area contributed by atoms with E-state index < -0.39 is 24.0 Å². The Morgan fingerprint density at radius 1 is 1.44 bits per heavy atom. The maximum absolute atomic E-state index is 13.3. The molecule has 0 radical (unpaired) electrons. The second kappa shape index (κ2) is 4.81. The fraction of sp³-hybridized carbons (Fsp3) is 0.100. The Labute approximate surface area is 108 Å². The van der Waals surface area contributed by atoms with Crippen molar-refractivity contribution in [3.8, 4) is 11.4 Å². The molecule has 94 valence electrons. The average molecular weight is 319 g/mol. The van der Waals surface area contributed by atoms with Crippen LogP contribution in [0.3, 0.4) is 0 Å². The number of aliphatic carboxylic acids is 1. The number of benzene rings is 1. The van der Waals surface area contributed by atoms with E-state index in [9.17, 15) is 13.6 Å². The third-order valence-corrected chi connectivity index (χ3v) is 2.82. The van der Waals surface area contributed by atoms with Gasteiger partial charge >= 0.3 is 5.97 Å². The Hall–Kier alpha value is -1.83. The summed E-state index contributed by atoms with van der Waals surface area (Å²) < 4.78 is 30.7. The van der Waals surface area contributed by atoms with E-state index in [1.807, 2.05) is 0 Å². The summed E-state index contributed by atoms with van der Waals surface area (Å²) in [6.07, 6.45) is -0.436. The lowest BCUT2D eigenvalue weighted by Gasteiger charge is -2.00. The average Bonchev–Trinajstić information content (AvgIpc) is 2.73. The lowest BCUT2D eigenvalue weighted by Crippen LogP contribution is -2.00. The van der Waals surface area contributed by atoms with Crippen molar-refractivity contribution < 1.29 is 23.2 Å². The van der Waals surface area contributed by atoms with Gasteiger partial charge in [0, 0.05) is 5.56 Å². The normalized spacial score (nSPS) is 10.6. The van der Waals surface area contributed by atoms with Crippen LogP contribution in [0.5, 0.6) is 0 Å². The van der Waals surface area contributed by atoms with E-state index in [-0.39, 0.29) is 21.8 Å². The molecule has 0 saturated heterocycles. The first-order valence-corrected chi connectivity index (χ1v) is 5.46. The molecule has 1 heterocycles. The molecule has 2 rings (SSSR count). The van der Waals surface area contributed by atoms with Gasteiger partial charge in [-0.1, -0.05) is 5.16 Å². The minimum atomic E-state index is -1.13. The Bertz CT molecular complexity index is 615. The van der Waals surface area contributed by atoms with Crippen LogP contribution in [0.2, 0.25) is 0 Å². The quantitative estimate of drug-likeness (QED) is 0.879. The van der Waals surface area contributed by atoms with Gasteiger partial charge in [0.2, 0.25) is 11.7 Å². The molecule has 0 bridgehead atoms. The SMILES string of the molecule is O=C(O)Cc1nc(-c2ccc(F)c(F)c2Br)no1. The molecule has 0 aliphatic rings. The predicted molar refractivity (Wildman–Crippen MR) is 58.7 cm³/mol. The van der Waals surface area contributed by atoms with E-state index in [2.05, 4.69) is 30.6 Å². The summed E-state index contributed by atoms with van der Waals surface area (Å²) in [5, 5.41) is 12.0. The van der Waals surface area contributed by atoms with Crippen molar-refractivity contribution in [3.05, 3.63) is 34.1 Å². The highest BCUT2D eigenvalue weighted by molar-refractivity contribution is 9.10. The van der Waals surface area contributed by atoms with Gasteiger partial charge in [0.05, 0.1) is 4.47 Å². The van der Waals surface area contributed by atoms with Crippen molar-refractivity contribution in [2.24, 2.45) is 0 Å². The Balaban J connectivity index is 2.40. The van der Waals surface area contributed by atoms with E-state index >= 15 is 0 Å². The number of hydrogen-bond acceptors (Lipinski definition) is 4. The summed E-state index contributed by atoms with van der Waals surface area (Å²) >= 11 is 2.87. The zero-order valence-corrected chi connectivity index (χ0v) is 10.2. The molecule has 0 atom stereocenters. The van der Waals surface area contributed by atoms with Gasteiger partial charge in [0.15, 0.2) is 11.6 Å². The molecule has 8 heteroatoms. The Morgan fingerprint density at radius 3 is 2.83 bits per heavy atom. The van der Waals surface area contributed by atoms with Crippen LogP contribution < -0.4 is 0 Å². The third-order valence-electron chi connectivity index (χ3n) is 2.05. The fourth-order valence-corrected chi connectivity index (χ4v) is 1.76. The third kappa shape index (κ3) is 2.37. The van der Waals surface area contributed by atoms with Crippen molar-refractivity contribution in [2.45, 2.75) is 6.42 Å². The summed E-state index contributed by atoms with van der Waals surface area (Å²) in [7, 11) is 0. The molecule has 0 saturated carbocycles. The molecular formula is C10H5BrF2N2O3. The minimum absolute atomic E-state index is 0.0166. The van der Waals surface area contributed by atoms with Crippen molar-refractivity contribution >= 4 is 21.9 Å². The molecule has 18 heavy (non-hydrogen) atoms. The van der Waals surface area contributed by atoms with Crippen LogP contribution in [-0.2, 0) is 11.2 Å². The molecule has 1 N–H and O–H groups in total. The van der Waals surface area contributed by atoms with Gasteiger partial charge in [-0.15, -0.1) is 0 Å². The number of carbonyl (C=O) groups is 1. The van der Waals surface area contributed by atoms with Crippen molar-refractivity contribution in [2.75, 3.05) is 0 Å². The summed E-state index contributed by atoms with van der Waals surface area (Å²) in [4.78, 5) is 14.2. The van der Waals surface area contributed by atoms with Gasteiger partial charge in [-0.05, 0) is 28.1 Å². The van der Waals surface area contributed by atoms with Crippen LogP contribution in [0.15, 0.2) is 21.1 Å². The summed E-state index contributed by atoms with van der Waals surface area (Å²) in [5.41, 5.74) is 0.175. The molecule has 1 aromatic heterocycles. The van der Waals surface area contributed by atoms with Crippen molar-refractivity contribution in [1.82, 2.24) is 10.1 Å². The van der Waals surface area contributed by atoms with Crippen molar-refractivity contribution in [1.29, 1.82) is 0 Å². The van der Waals surface area contributed by atoms with E-state index in [4.69, 9.17) is 5.11 Å². The molecular weight excluding hydrogens is 314 g/mol. The fourth-order valence-electron chi connectivity index (χ4n) is 1.26. The number of rotatable bonds is 3. The number of aromatic nitrogens is 2. The summed E-state index contributed by atoms with van der Waals surface area (Å²) in [6.45, 7) is 0. The van der Waals surface area contributed by atoms with Gasteiger partial charge in [0.25, 0.3) is 0 Å². The summed E-state index contributed by atoms with van der Waals surface area (Å²) in [5.74, 6) is -3.35. The molecule has 0 unspecified atom stereocenters. The molecule has 0 fully saturated rings. The van der Waals surface area contributed by atoms with Gasteiger partial charge < -0.3 is 9.63 Å². The zero-order valence-electron chi connectivity index (χ0n) is 8.65. The zero-order chi connectivity index (χ0) is 13.3. The summed E-state index contributed by atoms with van der Waals surface area (Å²) in [6, 6.07) is 2.18. The number of nitrogens with zero attached hydrogens (tertiary/aromatic N) is 2. The highest BCUT2D eigenvalue weighted by atomic mass is 79.9. The first kappa shape index (κ1) is 12.6. The standard InChI is InChI=1S/C10H5BrF2N2O3/c11-8-4(1-2-5(12)9(8)13)10-14-6(18-15-10)3-7(16)17/h1-2H,3H2,(H,16,17). The van der Waals surface area contributed by atoms with Gasteiger partial charge in [-0.25, -0.2) is 8.78 Å². The monoisotopic (exact) mass is 318 g/mol. The molecule has 0 aliphatic carbocycles. The maximum atomic E-state index is 13.3. The number of hydrogen-bond donors (Lipinski definition) is 1. The minimum Gasteiger partial charge on any atom is -0.481 e. The van der Waals surface area contributed by atoms with Crippen LogP contribution in [0.1, 0.15) is 5.89 Å². The van der Waals surface area contributed by atoms with Crippen LogP contribution in [0.4, 0.5) is 8.78 Å². The van der Waals surface area contributed by atoms with E-state index in [0.717, 1.165) is 6.07 Å². The van der Waals surface area contributed by atoms with Crippen LogP contribution in [0.25, 0.3) is 11.4 Å². The number of halogens is 3. The lowest BCUT2D eigenvalue weighted by atomic mass is 10.2. The molecule has 2 aromatic rings. The van der Waals surface area contributed by atoms with E-state index in [1.165, 1.54) is 6.07 Å². The number of carboxylic acid groups (broad SMARTS) is 1. The number of carboxylic acids is 1. The van der Waals surface area contributed by atoms with Gasteiger partial charge in [0.1, 0.15) is 6.42 Å². The van der Waals surface area contributed by atoms with Gasteiger partial charge in [-0.3, -0.25) is 4.79 Å². The van der Waals surface area contributed by atoms with Crippen molar-refractivity contribution in [3.63, 3.8) is 0 Å². The largest absolute Gasteiger partial charge is 0.481 e. The maximum Gasteiger partial charge on any atom is 0.312 e. The topological polar surface area (TPSA) is 76.2 Å². The lowest BCUT2D eigenvalue weighted by molar-refractivity contribution is -0.136. The molecule has 0 spiro atoms. The van der Waals surface area contributed by atoms with Crippen LogP contribution >= 0.6 is 15.9 Å². The molecule has 5 nitrogen and oxygen atoms in total. The van der Waals surface area contributed by atoms with Crippen LogP contribution in [0, 0.1) is 11.6 Å². The first-order chi connectivity index (χ1) is 8.49. The van der Waals surface area contributed by atoms with Gasteiger partial charge in [-0.2, -0.15) is 4.98 Å². The Kier molecular flexibility index (Phi) is 3.37. The van der Waals surface area contributed by atoms with E-state index in [1.54, 1.807) is 0 Å². The highest BCUT2D eigenvalue weighted by Gasteiger charge is 2.17. The highest BCUT2D eigenvalue weighted by Crippen LogP contribution is 2.29. The molecule has 0 aliphatic heterocycles. The van der Waals surface area contributed by atoms with E-state index in [0.29, 0.717) is 0 Å². The first-order valence-electron chi connectivity index (χ1n) is 4.67.